The van der Waals surface area contributed by atoms with E-state index in [4.69, 9.17) is 19.2 Å². The van der Waals surface area contributed by atoms with Crippen LogP contribution in [0.4, 0.5) is 5.95 Å². The van der Waals surface area contributed by atoms with Crippen LogP contribution in [-0.2, 0) is 35.5 Å². The molecule has 0 bridgehead atoms. The fraction of sp³-hybridized carbons (Fsp3) is 0.565. The van der Waals surface area contributed by atoms with Gasteiger partial charge >= 0.3 is 0 Å². The van der Waals surface area contributed by atoms with Gasteiger partial charge in [-0.25, -0.2) is 4.98 Å². The molecule has 1 aromatic heterocycles. The predicted octanol–water partition coefficient (Wildman–Crippen LogP) is 1.75. The van der Waals surface area contributed by atoms with Crippen LogP contribution in [0.1, 0.15) is 29.3 Å². The summed E-state index contributed by atoms with van der Waals surface area (Å²) in [5.74, 6) is 1.53. The van der Waals surface area contributed by atoms with Crippen LogP contribution in [0.25, 0.3) is 0 Å². The Morgan fingerprint density at radius 3 is 2.74 bits per heavy atom. The maximum atomic E-state index is 12.8. The molecule has 0 spiro atoms. The predicted molar refractivity (Wildman–Crippen MR) is 119 cm³/mol. The van der Waals surface area contributed by atoms with Gasteiger partial charge in [0.2, 0.25) is 5.95 Å². The van der Waals surface area contributed by atoms with Crippen molar-refractivity contribution in [3.63, 3.8) is 0 Å². The van der Waals surface area contributed by atoms with Crippen LogP contribution in [-0.4, -0.2) is 68.0 Å². The fourth-order valence-electron chi connectivity index (χ4n) is 4.24. The first-order chi connectivity index (χ1) is 15.2. The first-order valence-electron chi connectivity index (χ1n) is 11.1. The molecule has 31 heavy (non-hydrogen) atoms. The molecular weight excluding hydrogens is 396 g/mol. The summed E-state index contributed by atoms with van der Waals surface area (Å²) >= 11 is 0. The number of nitrogens with zero attached hydrogens (tertiary/aromatic N) is 3. The van der Waals surface area contributed by atoms with Gasteiger partial charge in [0, 0.05) is 56.9 Å². The third kappa shape index (κ3) is 5.26. The molecule has 3 heterocycles. The third-order valence-corrected chi connectivity index (χ3v) is 5.95. The number of anilines is 1. The van der Waals surface area contributed by atoms with E-state index in [2.05, 4.69) is 26.9 Å². The van der Waals surface area contributed by atoms with Gasteiger partial charge in [0.05, 0.1) is 32.6 Å². The molecule has 2 aliphatic heterocycles. The van der Waals surface area contributed by atoms with Crippen molar-refractivity contribution >= 4 is 5.95 Å². The fourth-order valence-corrected chi connectivity index (χ4v) is 4.24. The SMILES string of the molecule is CCOCc1cc(CN2CCc3nc(N4CCOCC4)[nH]c(=O)c3CC2)ccc1OC. The summed E-state index contributed by atoms with van der Waals surface area (Å²) in [4.78, 5) is 25.1. The van der Waals surface area contributed by atoms with Crippen molar-refractivity contribution in [2.45, 2.75) is 32.9 Å². The Bertz CT molecular complexity index is 940. The summed E-state index contributed by atoms with van der Waals surface area (Å²) in [6, 6.07) is 6.28. The minimum Gasteiger partial charge on any atom is -0.496 e. The van der Waals surface area contributed by atoms with Gasteiger partial charge in [-0.2, -0.15) is 0 Å². The number of nitrogens with one attached hydrogen (secondary N) is 1. The second-order valence-corrected chi connectivity index (χ2v) is 7.97. The number of aromatic nitrogens is 2. The van der Waals surface area contributed by atoms with Crippen LogP contribution in [0.2, 0.25) is 0 Å². The number of hydrogen-bond acceptors (Lipinski definition) is 7. The number of fused-ring (bicyclic) bond motifs is 1. The topological polar surface area (TPSA) is 79.9 Å². The minimum absolute atomic E-state index is 0.00297. The van der Waals surface area contributed by atoms with Gasteiger partial charge in [-0.3, -0.25) is 14.7 Å². The lowest BCUT2D eigenvalue weighted by Gasteiger charge is -2.27. The molecule has 1 saturated heterocycles. The molecule has 0 saturated carbocycles. The van der Waals surface area contributed by atoms with Crippen molar-refractivity contribution in [3.8, 4) is 5.75 Å². The Kier molecular flexibility index (Phi) is 7.21. The monoisotopic (exact) mass is 428 g/mol. The van der Waals surface area contributed by atoms with E-state index in [9.17, 15) is 4.79 Å². The van der Waals surface area contributed by atoms with Gasteiger partial charge < -0.3 is 19.1 Å². The lowest BCUT2D eigenvalue weighted by molar-refractivity contribution is 0.122. The van der Waals surface area contributed by atoms with Crippen molar-refractivity contribution in [3.05, 3.63) is 50.9 Å². The van der Waals surface area contributed by atoms with E-state index in [0.29, 0.717) is 38.8 Å². The number of methoxy groups -OCH3 is 1. The average molecular weight is 429 g/mol. The van der Waals surface area contributed by atoms with E-state index in [1.54, 1.807) is 7.11 Å². The van der Waals surface area contributed by atoms with Crippen molar-refractivity contribution in [2.24, 2.45) is 0 Å². The summed E-state index contributed by atoms with van der Waals surface area (Å²) in [5, 5.41) is 0. The molecule has 4 rings (SSSR count). The highest BCUT2D eigenvalue weighted by molar-refractivity contribution is 5.37. The second-order valence-electron chi connectivity index (χ2n) is 7.97. The van der Waals surface area contributed by atoms with E-state index >= 15 is 0 Å². The van der Waals surface area contributed by atoms with Gasteiger partial charge in [0.25, 0.3) is 5.56 Å². The number of aromatic amines is 1. The zero-order valence-corrected chi connectivity index (χ0v) is 18.5. The Labute approximate surface area is 183 Å². The molecule has 0 atom stereocenters. The summed E-state index contributed by atoms with van der Waals surface area (Å²) in [5.41, 5.74) is 4.04. The zero-order chi connectivity index (χ0) is 21.6. The average Bonchev–Trinajstić information content (AvgIpc) is 3.01. The molecule has 0 radical (unpaired) electrons. The first-order valence-corrected chi connectivity index (χ1v) is 11.1. The molecule has 1 fully saturated rings. The molecule has 0 aliphatic carbocycles. The Morgan fingerprint density at radius 2 is 1.97 bits per heavy atom. The van der Waals surface area contributed by atoms with E-state index < -0.39 is 0 Å². The number of morpholine rings is 1. The Hall–Kier alpha value is -2.42. The van der Waals surface area contributed by atoms with Crippen LogP contribution in [0.15, 0.2) is 23.0 Å². The molecule has 8 nitrogen and oxygen atoms in total. The maximum Gasteiger partial charge on any atom is 0.255 e. The quantitative estimate of drug-likeness (QED) is 0.720. The highest BCUT2D eigenvalue weighted by Gasteiger charge is 2.21. The zero-order valence-electron chi connectivity index (χ0n) is 18.5. The molecule has 1 N–H and O–H groups in total. The lowest BCUT2D eigenvalue weighted by Crippen LogP contribution is -2.38. The summed E-state index contributed by atoms with van der Waals surface area (Å²) < 4.78 is 16.5. The highest BCUT2D eigenvalue weighted by atomic mass is 16.5. The van der Waals surface area contributed by atoms with E-state index in [1.807, 2.05) is 13.0 Å². The number of hydrogen-bond donors (Lipinski definition) is 1. The van der Waals surface area contributed by atoms with E-state index in [1.165, 1.54) is 5.56 Å². The van der Waals surface area contributed by atoms with Crippen molar-refractivity contribution in [1.29, 1.82) is 0 Å². The second kappa shape index (κ2) is 10.3. The lowest BCUT2D eigenvalue weighted by atomic mass is 10.1. The van der Waals surface area contributed by atoms with Crippen LogP contribution in [0.3, 0.4) is 0 Å². The molecule has 1 aromatic carbocycles. The number of benzene rings is 1. The van der Waals surface area contributed by atoms with Gasteiger partial charge in [0.1, 0.15) is 5.75 Å². The molecule has 0 unspecified atom stereocenters. The number of ether oxygens (including phenoxy) is 3. The molecule has 0 amide bonds. The van der Waals surface area contributed by atoms with Gasteiger partial charge in [-0.15, -0.1) is 0 Å². The van der Waals surface area contributed by atoms with E-state index in [0.717, 1.165) is 61.7 Å². The number of rotatable bonds is 7. The summed E-state index contributed by atoms with van der Waals surface area (Å²) in [7, 11) is 1.69. The summed E-state index contributed by atoms with van der Waals surface area (Å²) in [6.07, 6.45) is 1.49. The largest absolute Gasteiger partial charge is 0.496 e. The van der Waals surface area contributed by atoms with Gasteiger partial charge in [-0.05, 0) is 31.0 Å². The van der Waals surface area contributed by atoms with Crippen LogP contribution in [0.5, 0.6) is 5.75 Å². The smallest absolute Gasteiger partial charge is 0.255 e. The van der Waals surface area contributed by atoms with Crippen molar-refractivity contribution in [1.82, 2.24) is 14.9 Å². The molecule has 2 aliphatic rings. The maximum absolute atomic E-state index is 12.8. The summed E-state index contributed by atoms with van der Waals surface area (Å²) in [6.45, 7) is 8.60. The van der Waals surface area contributed by atoms with Crippen LogP contribution < -0.4 is 15.2 Å². The minimum atomic E-state index is -0.00297. The van der Waals surface area contributed by atoms with Crippen LogP contribution >= 0.6 is 0 Å². The Morgan fingerprint density at radius 1 is 1.16 bits per heavy atom. The number of H-pyrrole nitrogens is 1. The third-order valence-electron chi connectivity index (χ3n) is 5.95. The molecule has 168 valence electrons. The molecular formula is C23H32N4O4. The molecule has 8 heteroatoms. The normalized spacial score (nSPS) is 17.3. The first kappa shape index (κ1) is 21.8. The Balaban J connectivity index is 1.46. The van der Waals surface area contributed by atoms with Crippen LogP contribution in [0, 0.1) is 0 Å². The van der Waals surface area contributed by atoms with Gasteiger partial charge in [0.15, 0.2) is 0 Å². The van der Waals surface area contributed by atoms with E-state index in [-0.39, 0.29) is 5.56 Å². The standard InChI is InChI=1S/C23H32N4O4/c1-3-30-16-18-14-17(4-5-21(18)29-2)15-26-8-6-19-20(7-9-26)24-23(25-22(19)28)27-10-12-31-13-11-27/h4-5,14H,3,6-13,15-16H2,1-2H3,(H,24,25,28). The van der Waals surface area contributed by atoms with Gasteiger partial charge in [-0.1, -0.05) is 6.07 Å². The van der Waals surface area contributed by atoms with Crippen molar-refractivity contribution < 1.29 is 14.2 Å². The highest BCUT2D eigenvalue weighted by Crippen LogP contribution is 2.23. The van der Waals surface area contributed by atoms with Crippen molar-refractivity contribution in [2.75, 3.05) is 58.0 Å². The molecule has 2 aromatic rings.